The first-order valence-corrected chi connectivity index (χ1v) is 10.2. The van der Waals surface area contributed by atoms with Gasteiger partial charge in [-0.15, -0.1) is 0 Å². The van der Waals surface area contributed by atoms with Gasteiger partial charge in [-0.3, -0.25) is 9.59 Å². The maximum absolute atomic E-state index is 13.8. The van der Waals surface area contributed by atoms with E-state index in [1.807, 2.05) is 0 Å². The van der Waals surface area contributed by atoms with Crippen LogP contribution in [0.3, 0.4) is 0 Å². The molecule has 0 unspecified atom stereocenters. The smallest absolute Gasteiger partial charge is 0.309 e. The zero-order chi connectivity index (χ0) is 20.5. The van der Waals surface area contributed by atoms with Gasteiger partial charge in [0.05, 0.1) is 18.4 Å². The largest absolute Gasteiger partial charge is 0.469 e. The number of halogens is 1. The Morgan fingerprint density at radius 3 is 2.29 bits per heavy atom. The van der Waals surface area contributed by atoms with Crippen LogP contribution in [-0.4, -0.2) is 33.5 Å². The highest BCUT2D eigenvalue weighted by Crippen LogP contribution is 2.26. The highest BCUT2D eigenvalue weighted by molar-refractivity contribution is 7.90. The molecule has 0 fully saturated rings. The average molecular weight is 400 g/mol. The number of carbonyl (C=O) groups is 2. The van der Waals surface area contributed by atoms with Gasteiger partial charge in [0.1, 0.15) is 5.82 Å². The molecule has 0 aromatic heterocycles. The lowest BCUT2D eigenvalue weighted by atomic mass is 9.94. The van der Waals surface area contributed by atoms with Crippen LogP contribution in [0.1, 0.15) is 21.5 Å². The number of hydrogen-bond donors (Lipinski definition) is 0. The van der Waals surface area contributed by atoms with Gasteiger partial charge in [0.25, 0.3) is 0 Å². The first-order chi connectivity index (χ1) is 13.2. The van der Waals surface area contributed by atoms with Gasteiger partial charge >= 0.3 is 5.97 Å². The van der Waals surface area contributed by atoms with E-state index in [1.165, 1.54) is 55.6 Å². The third-order valence-corrected chi connectivity index (χ3v) is 5.47. The highest BCUT2D eigenvalue weighted by Gasteiger charge is 2.17. The topological polar surface area (TPSA) is 77.5 Å². The molecule has 0 heterocycles. The SMILES string of the molecule is COC(=O)Cc1cc(C(=O)c2ccc(S(C)(=O)=O)cc2)c2cc(F)ccc2c1. The van der Waals surface area contributed by atoms with Crippen molar-refractivity contribution in [3.05, 3.63) is 77.1 Å². The standard InChI is InChI=1S/C21H17FO5S/c1-27-20(23)11-13-9-15-3-6-16(22)12-18(15)19(10-13)21(24)14-4-7-17(8-5-14)28(2,25)26/h3-10,12H,11H2,1-2H3. The molecule has 3 rings (SSSR count). The van der Waals surface area contributed by atoms with Crippen molar-refractivity contribution in [1.82, 2.24) is 0 Å². The first-order valence-electron chi connectivity index (χ1n) is 8.33. The number of rotatable bonds is 5. The van der Waals surface area contributed by atoms with Gasteiger partial charge in [-0.25, -0.2) is 12.8 Å². The lowest BCUT2D eigenvalue weighted by Gasteiger charge is -2.10. The van der Waals surface area contributed by atoms with E-state index in [4.69, 9.17) is 0 Å². The van der Waals surface area contributed by atoms with E-state index in [1.54, 1.807) is 6.07 Å². The lowest BCUT2D eigenvalue weighted by Crippen LogP contribution is -2.08. The minimum Gasteiger partial charge on any atom is -0.469 e. The number of ketones is 1. The van der Waals surface area contributed by atoms with Crippen molar-refractivity contribution >= 4 is 32.4 Å². The predicted octanol–water partition coefficient (Wildman–Crippen LogP) is 3.33. The summed E-state index contributed by atoms with van der Waals surface area (Å²) in [7, 11) is -2.11. The van der Waals surface area contributed by atoms with Crippen LogP contribution in [0.25, 0.3) is 10.8 Å². The second-order valence-electron chi connectivity index (χ2n) is 6.39. The Hall–Kier alpha value is -3.06. The highest BCUT2D eigenvalue weighted by atomic mass is 32.2. The number of ether oxygens (including phenoxy) is 1. The Morgan fingerprint density at radius 1 is 1.00 bits per heavy atom. The van der Waals surface area contributed by atoms with Crippen LogP contribution in [0.5, 0.6) is 0 Å². The van der Waals surface area contributed by atoms with E-state index in [0.29, 0.717) is 16.3 Å². The van der Waals surface area contributed by atoms with Crippen molar-refractivity contribution in [2.24, 2.45) is 0 Å². The Balaban J connectivity index is 2.12. The molecule has 0 saturated carbocycles. The maximum atomic E-state index is 13.8. The molecule has 0 saturated heterocycles. The summed E-state index contributed by atoms with van der Waals surface area (Å²) in [6.07, 6.45) is 1.05. The van der Waals surface area contributed by atoms with Crippen molar-refractivity contribution < 1.29 is 27.1 Å². The summed E-state index contributed by atoms with van der Waals surface area (Å²) >= 11 is 0. The van der Waals surface area contributed by atoms with E-state index in [2.05, 4.69) is 4.74 Å². The van der Waals surface area contributed by atoms with Crippen molar-refractivity contribution in [2.45, 2.75) is 11.3 Å². The zero-order valence-electron chi connectivity index (χ0n) is 15.2. The molecular weight excluding hydrogens is 383 g/mol. The van der Waals surface area contributed by atoms with Gasteiger partial charge in [-0.05, 0) is 58.8 Å². The monoisotopic (exact) mass is 400 g/mol. The Labute approximate surface area is 161 Å². The van der Waals surface area contributed by atoms with Crippen LogP contribution >= 0.6 is 0 Å². The molecule has 3 aromatic rings. The molecular formula is C21H17FO5S. The summed E-state index contributed by atoms with van der Waals surface area (Å²) < 4.78 is 41.7. The maximum Gasteiger partial charge on any atom is 0.309 e. The number of methoxy groups -OCH3 is 1. The summed E-state index contributed by atoms with van der Waals surface area (Å²) in [5, 5.41) is 1.02. The van der Waals surface area contributed by atoms with Crippen LogP contribution in [-0.2, 0) is 25.8 Å². The number of hydrogen-bond acceptors (Lipinski definition) is 5. The number of esters is 1. The van der Waals surface area contributed by atoms with Gasteiger partial charge in [-0.2, -0.15) is 0 Å². The minimum atomic E-state index is -3.39. The van der Waals surface area contributed by atoms with Crippen LogP contribution < -0.4 is 0 Å². The number of fused-ring (bicyclic) bond motifs is 1. The Kier molecular flexibility index (Phi) is 5.29. The van der Waals surface area contributed by atoms with Crippen LogP contribution in [0, 0.1) is 5.82 Å². The van der Waals surface area contributed by atoms with Gasteiger partial charge in [0.15, 0.2) is 15.6 Å². The Bertz CT molecular complexity index is 1180. The average Bonchev–Trinajstić information content (AvgIpc) is 2.66. The molecule has 0 amide bonds. The summed E-state index contributed by atoms with van der Waals surface area (Å²) in [5.41, 5.74) is 1.04. The molecule has 0 aliphatic rings. The van der Waals surface area contributed by atoms with Crippen LogP contribution in [0.4, 0.5) is 4.39 Å². The predicted molar refractivity (Wildman–Crippen MR) is 103 cm³/mol. The molecule has 0 aliphatic carbocycles. The number of sulfone groups is 1. The quantitative estimate of drug-likeness (QED) is 0.485. The van der Waals surface area contributed by atoms with E-state index in [9.17, 15) is 22.4 Å². The fraction of sp³-hybridized carbons (Fsp3) is 0.143. The Morgan fingerprint density at radius 2 is 1.68 bits per heavy atom. The number of carbonyl (C=O) groups excluding carboxylic acids is 2. The molecule has 7 heteroatoms. The minimum absolute atomic E-state index is 0.0306. The van der Waals surface area contributed by atoms with E-state index >= 15 is 0 Å². The molecule has 3 aromatic carbocycles. The molecule has 28 heavy (non-hydrogen) atoms. The summed E-state index contributed by atoms with van der Waals surface area (Å²) in [6.45, 7) is 0. The van der Waals surface area contributed by atoms with Crippen molar-refractivity contribution in [2.75, 3.05) is 13.4 Å². The lowest BCUT2D eigenvalue weighted by molar-refractivity contribution is -0.139. The van der Waals surface area contributed by atoms with Gasteiger partial charge in [0.2, 0.25) is 0 Å². The van der Waals surface area contributed by atoms with E-state index in [-0.39, 0.29) is 22.4 Å². The van der Waals surface area contributed by atoms with Gasteiger partial charge < -0.3 is 4.74 Å². The van der Waals surface area contributed by atoms with Crippen LogP contribution in [0.2, 0.25) is 0 Å². The van der Waals surface area contributed by atoms with Crippen molar-refractivity contribution in [3.63, 3.8) is 0 Å². The molecule has 0 bridgehead atoms. The third kappa shape index (κ3) is 4.09. The van der Waals surface area contributed by atoms with Crippen LogP contribution in [0.15, 0.2) is 59.5 Å². The zero-order valence-corrected chi connectivity index (χ0v) is 16.0. The van der Waals surface area contributed by atoms with Crippen molar-refractivity contribution in [1.29, 1.82) is 0 Å². The van der Waals surface area contributed by atoms with Gasteiger partial charge in [0, 0.05) is 17.4 Å². The van der Waals surface area contributed by atoms with Gasteiger partial charge in [-0.1, -0.05) is 12.1 Å². The molecule has 0 N–H and O–H groups in total. The molecule has 144 valence electrons. The second-order valence-corrected chi connectivity index (χ2v) is 8.40. The molecule has 0 atom stereocenters. The fourth-order valence-corrected chi connectivity index (χ4v) is 3.56. The van der Waals surface area contributed by atoms with Crippen molar-refractivity contribution in [3.8, 4) is 0 Å². The summed E-state index contributed by atoms with van der Waals surface area (Å²) in [5.74, 6) is -1.35. The molecule has 5 nitrogen and oxygen atoms in total. The molecule has 0 spiro atoms. The normalized spacial score (nSPS) is 11.4. The fourth-order valence-electron chi connectivity index (χ4n) is 2.93. The summed E-state index contributed by atoms with van der Waals surface area (Å²) in [6, 6.07) is 12.8. The first kappa shape index (κ1) is 19.7. The second kappa shape index (κ2) is 7.52. The van der Waals surface area contributed by atoms with E-state index < -0.39 is 27.4 Å². The third-order valence-electron chi connectivity index (χ3n) is 4.34. The molecule has 0 radical (unpaired) electrons. The van der Waals surface area contributed by atoms with E-state index in [0.717, 1.165) is 6.26 Å². The molecule has 0 aliphatic heterocycles. The number of benzene rings is 3. The summed E-state index contributed by atoms with van der Waals surface area (Å²) in [4.78, 5) is 24.8.